The molecule has 0 unspecified atom stereocenters. The average molecular weight is 325 g/mol. The third kappa shape index (κ3) is 3.78. The van der Waals surface area contributed by atoms with E-state index < -0.39 is 12.1 Å². The number of halogens is 1. The van der Waals surface area contributed by atoms with Crippen molar-refractivity contribution in [2.75, 3.05) is 20.2 Å². The van der Waals surface area contributed by atoms with Crippen molar-refractivity contribution in [2.45, 2.75) is 26.0 Å². The van der Waals surface area contributed by atoms with Crippen molar-refractivity contribution < 1.29 is 14.3 Å². The molecule has 22 heavy (non-hydrogen) atoms. The number of carbonyl (C=O) groups is 2. The van der Waals surface area contributed by atoms with Crippen LogP contribution < -0.4 is 5.32 Å². The molecule has 1 aromatic rings. The van der Waals surface area contributed by atoms with Crippen molar-refractivity contribution >= 4 is 23.4 Å². The number of amides is 2. The van der Waals surface area contributed by atoms with Gasteiger partial charge in [-0.2, -0.15) is 0 Å². The van der Waals surface area contributed by atoms with E-state index in [4.69, 9.17) is 16.3 Å². The Morgan fingerprint density at radius 1 is 1.41 bits per heavy atom. The van der Waals surface area contributed by atoms with Crippen LogP contribution in [-0.4, -0.2) is 43.0 Å². The van der Waals surface area contributed by atoms with Crippen molar-refractivity contribution in [2.24, 2.45) is 5.92 Å². The molecule has 0 radical (unpaired) electrons. The molecule has 2 amide bonds. The Morgan fingerprint density at radius 3 is 2.64 bits per heavy atom. The van der Waals surface area contributed by atoms with Crippen LogP contribution in [0.2, 0.25) is 5.02 Å². The topological polar surface area (TPSA) is 58.6 Å². The van der Waals surface area contributed by atoms with Crippen LogP contribution in [-0.2, 0) is 14.3 Å². The van der Waals surface area contributed by atoms with Gasteiger partial charge in [-0.05, 0) is 23.6 Å². The lowest BCUT2D eigenvalue weighted by atomic mass is 9.97. The van der Waals surface area contributed by atoms with Crippen LogP contribution in [0.4, 0.5) is 0 Å². The molecule has 0 aromatic heterocycles. The largest absolute Gasteiger partial charge is 0.356 e. The molecule has 0 aliphatic carbocycles. The molecule has 1 heterocycles. The summed E-state index contributed by atoms with van der Waals surface area (Å²) in [4.78, 5) is 25.9. The van der Waals surface area contributed by atoms with Gasteiger partial charge in [0, 0.05) is 18.6 Å². The third-order valence-corrected chi connectivity index (χ3v) is 3.89. The lowest BCUT2D eigenvalue weighted by Gasteiger charge is -2.38. The maximum atomic E-state index is 12.4. The molecular formula is C16H21ClN2O3. The summed E-state index contributed by atoms with van der Waals surface area (Å²) in [5.74, 6) is 0.00161. The maximum Gasteiger partial charge on any atom is 0.251 e. The lowest BCUT2D eigenvalue weighted by molar-refractivity contribution is -0.162. The first-order valence-electron chi connectivity index (χ1n) is 7.30. The van der Waals surface area contributed by atoms with Crippen molar-refractivity contribution in [1.29, 1.82) is 0 Å². The Labute approximate surface area is 135 Å². The van der Waals surface area contributed by atoms with E-state index in [1.807, 2.05) is 26.0 Å². The van der Waals surface area contributed by atoms with Gasteiger partial charge >= 0.3 is 0 Å². The van der Waals surface area contributed by atoms with Gasteiger partial charge in [-0.1, -0.05) is 37.6 Å². The first-order valence-corrected chi connectivity index (χ1v) is 7.68. The molecule has 0 saturated carbocycles. The monoisotopic (exact) mass is 324 g/mol. The summed E-state index contributed by atoms with van der Waals surface area (Å²) in [6.07, 6.45) is -0.720. The van der Waals surface area contributed by atoms with Gasteiger partial charge in [0.15, 0.2) is 6.10 Å². The first kappa shape index (κ1) is 16.8. The second-order valence-corrected chi connectivity index (χ2v) is 6.31. The smallest absolute Gasteiger partial charge is 0.251 e. The van der Waals surface area contributed by atoms with Crippen LogP contribution >= 0.6 is 11.6 Å². The highest BCUT2D eigenvalue weighted by molar-refractivity contribution is 6.30. The molecule has 0 bridgehead atoms. The normalized spacial score (nSPS) is 22.0. The third-order valence-electron chi connectivity index (χ3n) is 3.64. The number of carbonyl (C=O) groups excluding carboxylic acids is 2. The van der Waals surface area contributed by atoms with Crippen LogP contribution in [0.5, 0.6) is 0 Å². The molecule has 1 aliphatic rings. The quantitative estimate of drug-likeness (QED) is 0.921. The number of benzene rings is 1. The van der Waals surface area contributed by atoms with Gasteiger partial charge in [-0.3, -0.25) is 9.59 Å². The van der Waals surface area contributed by atoms with E-state index in [1.54, 1.807) is 24.1 Å². The highest BCUT2D eigenvalue weighted by Gasteiger charge is 2.39. The molecular weight excluding hydrogens is 304 g/mol. The van der Waals surface area contributed by atoms with Gasteiger partial charge in [-0.15, -0.1) is 0 Å². The van der Waals surface area contributed by atoms with Gasteiger partial charge < -0.3 is 15.0 Å². The predicted octanol–water partition coefficient (Wildman–Crippen LogP) is 2.01. The number of morpholine rings is 1. The number of rotatable bonds is 4. The number of likely N-dealkylation sites (N-methyl/N-ethyl adjacent to an activating group) is 1. The Morgan fingerprint density at radius 2 is 2.05 bits per heavy atom. The van der Waals surface area contributed by atoms with Crippen molar-refractivity contribution in [3.63, 3.8) is 0 Å². The van der Waals surface area contributed by atoms with Crippen LogP contribution in [0.25, 0.3) is 0 Å². The summed E-state index contributed by atoms with van der Waals surface area (Å²) >= 11 is 5.91. The van der Waals surface area contributed by atoms with Crippen LogP contribution in [0.15, 0.2) is 24.3 Å². The Hall–Kier alpha value is -1.59. The lowest BCUT2D eigenvalue weighted by Crippen LogP contribution is -2.53. The van der Waals surface area contributed by atoms with Crippen molar-refractivity contribution in [1.82, 2.24) is 10.2 Å². The fraction of sp³-hybridized carbons (Fsp3) is 0.500. The molecule has 1 fully saturated rings. The van der Waals surface area contributed by atoms with Crippen molar-refractivity contribution in [3.8, 4) is 0 Å². The SMILES string of the molecule is CC(C)CNC(=O)[C@@H]1OCC(=O)N(C)[C@H]1c1ccc(Cl)cc1. The highest BCUT2D eigenvalue weighted by atomic mass is 35.5. The molecule has 120 valence electrons. The Bertz CT molecular complexity index is 545. The Balaban J connectivity index is 2.24. The maximum absolute atomic E-state index is 12.4. The summed E-state index contributed by atoms with van der Waals surface area (Å²) < 4.78 is 5.52. The zero-order valence-corrected chi connectivity index (χ0v) is 13.8. The summed E-state index contributed by atoms with van der Waals surface area (Å²) in [5, 5.41) is 3.48. The molecule has 1 saturated heterocycles. The summed E-state index contributed by atoms with van der Waals surface area (Å²) in [7, 11) is 1.69. The average Bonchev–Trinajstić information content (AvgIpc) is 2.48. The standard InChI is InChI=1S/C16H21ClN2O3/c1-10(2)8-18-16(21)15-14(19(3)13(20)9-22-15)11-4-6-12(17)7-5-11/h4-7,10,14-15H,8-9H2,1-3H3,(H,18,21)/t14-,15+/m0/s1. The molecule has 6 heteroatoms. The first-order chi connectivity index (χ1) is 10.4. The zero-order valence-electron chi connectivity index (χ0n) is 13.0. The van der Waals surface area contributed by atoms with E-state index in [0.717, 1.165) is 5.56 Å². The minimum Gasteiger partial charge on any atom is -0.356 e. The van der Waals surface area contributed by atoms with Gasteiger partial charge in [0.25, 0.3) is 5.91 Å². The molecule has 0 spiro atoms. The summed E-state index contributed by atoms with van der Waals surface area (Å²) in [5.41, 5.74) is 0.824. The summed E-state index contributed by atoms with van der Waals surface area (Å²) in [6, 6.07) is 6.66. The summed E-state index contributed by atoms with van der Waals surface area (Å²) in [6.45, 7) is 4.53. The van der Waals surface area contributed by atoms with Gasteiger partial charge in [-0.25, -0.2) is 0 Å². The predicted molar refractivity (Wildman–Crippen MR) is 84.6 cm³/mol. The number of hydrogen-bond donors (Lipinski definition) is 1. The van der Waals surface area contributed by atoms with Gasteiger partial charge in [0.2, 0.25) is 5.91 Å². The Kier molecular flexibility index (Phi) is 5.42. The highest BCUT2D eigenvalue weighted by Crippen LogP contribution is 2.30. The minimum atomic E-state index is -0.720. The van der Waals surface area contributed by atoms with Crippen LogP contribution in [0.1, 0.15) is 25.5 Å². The molecule has 1 aromatic carbocycles. The second kappa shape index (κ2) is 7.11. The fourth-order valence-corrected chi connectivity index (χ4v) is 2.52. The molecule has 2 atom stereocenters. The number of nitrogens with one attached hydrogen (secondary N) is 1. The van der Waals surface area contributed by atoms with E-state index in [0.29, 0.717) is 17.5 Å². The van der Waals surface area contributed by atoms with Gasteiger partial charge in [0.1, 0.15) is 6.61 Å². The minimum absolute atomic E-state index is 0.0830. The molecule has 1 N–H and O–H groups in total. The second-order valence-electron chi connectivity index (χ2n) is 5.87. The number of nitrogens with zero attached hydrogens (tertiary/aromatic N) is 1. The van der Waals surface area contributed by atoms with E-state index in [9.17, 15) is 9.59 Å². The van der Waals surface area contributed by atoms with Crippen LogP contribution in [0.3, 0.4) is 0 Å². The van der Waals surface area contributed by atoms with E-state index in [-0.39, 0.29) is 18.4 Å². The molecule has 5 nitrogen and oxygen atoms in total. The van der Waals surface area contributed by atoms with E-state index in [1.165, 1.54) is 0 Å². The number of hydrogen-bond acceptors (Lipinski definition) is 3. The van der Waals surface area contributed by atoms with Crippen LogP contribution in [0, 0.1) is 5.92 Å². The van der Waals surface area contributed by atoms with E-state index >= 15 is 0 Å². The zero-order chi connectivity index (χ0) is 16.3. The fourth-order valence-electron chi connectivity index (χ4n) is 2.39. The van der Waals surface area contributed by atoms with Crippen molar-refractivity contribution in [3.05, 3.63) is 34.9 Å². The number of ether oxygens (including phenoxy) is 1. The molecule has 1 aliphatic heterocycles. The molecule has 2 rings (SSSR count). The van der Waals surface area contributed by atoms with E-state index in [2.05, 4.69) is 5.32 Å². The van der Waals surface area contributed by atoms with Gasteiger partial charge in [0.05, 0.1) is 6.04 Å².